The number of aryl methyl sites for hydroxylation is 1. The second kappa shape index (κ2) is 10.8. The molecule has 0 atom stereocenters. The van der Waals surface area contributed by atoms with E-state index in [2.05, 4.69) is 20.6 Å². The third-order valence-corrected chi connectivity index (χ3v) is 5.61. The van der Waals surface area contributed by atoms with Crippen molar-refractivity contribution >= 4 is 23.4 Å². The quantitative estimate of drug-likeness (QED) is 0.481. The van der Waals surface area contributed by atoms with Crippen molar-refractivity contribution < 1.29 is 19.1 Å². The fraction of sp³-hybridized carbons (Fsp3) is 0.308. The zero-order chi connectivity index (χ0) is 23.9. The van der Waals surface area contributed by atoms with Crippen LogP contribution < -0.4 is 15.4 Å². The van der Waals surface area contributed by atoms with Gasteiger partial charge in [0.1, 0.15) is 12.2 Å². The summed E-state index contributed by atoms with van der Waals surface area (Å²) in [6.07, 6.45) is 6.61. The van der Waals surface area contributed by atoms with Crippen LogP contribution in [0.15, 0.2) is 60.9 Å². The number of hydrogen-bond donors (Lipinski definition) is 2. The molecule has 1 aliphatic rings. The first kappa shape index (κ1) is 23.2. The number of aromatic nitrogens is 2. The first-order valence-electron chi connectivity index (χ1n) is 11.4. The van der Waals surface area contributed by atoms with Crippen molar-refractivity contribution in [1.29, 1.82) is 0 Å². The van der Waals surface area contributed by atoms with E-state index in [0.29, 0.717) is 11.7 Å². The maximum Gasteiger partial charge on any atom is 0.323 e. The van der Waals surface area contributed by atoms with Crippen LogP contribution in [0.25, 0.3) is 11.1 Å². The number of hydrogen-bond acceptors (Lipinski definition) is 6. The van der Waals surface area contributed by atoms with Gasteiger partial charge in [-0.3, -0.25) is 4.79 Å². The van der Waals surface area contributed by atoms with Crippen LogP contribution in [0.3, 0.4) is 0 Å². The molecular weight excluding hydrogens is 432 g/mol. The van der Waals surface area contributed by atoms with E-state index in [9.17, 15) is 9.59 Å². The largest absolute Gasteiger partial charge is 0.463 e. The van der Waals surface area contributed by atoms with Gasteiger partial charge >= 0.3 is 18.0 Å². The number of rotatable bonds is 6. The van der Waals surface area contributed by atoms with Crippen molar-refractivity contribution in [1.82, 2.24) is 9.97 Å². The van der Waals surface area contributed by atoms with Gasteiger partial charge in [-0.15, -0.1) is 0 Å². The molecule has 0 unspecified atom stereocenters. The highest BCUT2D eigenvalue weighted by Crippen LogP contribution is 2.25. The Labute approximate surface area is 198 Å². The third-order valence-electron chi connectivity index (χ3n) is 5.61. The zero-order valence-corrected chi connectivity index (χ0v) is 19.3. The zero-order valence-electron chi connectivity index (χ0n) is 19.3. The van der Waals surface area contributed by atoms with Crippen molar-refractivity contribution in [2.45, 2.75) is 51.7 Å². The summed E-state index contributed by atoms with van der Waals surface area (Å²) in [6, 6.07) is 15.1. The minimum absolute atomic E-state index is 0.0216. The molecule has 2 amide bonds. The molecule has 0 bridgehead atoms. The number of benzene rings is 2. The van der Waals surface area contributed by atoms with Gasteiger partial charge in [0.15, 0.2) is 0 Å². The van der Waals surface area contributed by atoms with Crippen LogP contribution in [0.4, 0.5) is 16.2 Å². The second-order valence-corrected chi connectivity index (χ2v) is 8.41. The maximum absolute atomic E-state index is 12.2. The lowest BCUT2D eigenvalue weighted by Crippen LogP contribution is -2.29. The number of ether oxygens (including phenoxy) is 2. The maximum atomic E-state index is 12.2. The van der Waals surface area contributed by atoms with Crippen molar-refractivity contribution in [2.24, 2.45) is 0 Å². The molecule has 3 aromatic rings. The van der Waals surface area contributed by atoms with Crippen LogP contribution in [-0.4, -0.2) is 34.2 Å². The Morgan fingerprint density at radius 1 is 0.853 bits per heavy atom. The van der Waals surface area contributed by atoms with Gasteiger partial charge in [0.25, 0.3) is 0 Å². The highest BCUT2D eigenvalue weighted by molar-refractivity contribution is 5.99. The molecule has 0 radical (unpaired) electrons. The van der Waals surface area contributed by atoms with Crippen molar-refractivity contribution in [3.05, 3.63) is 66.5 Å². The van der Waals surface area contributed by atoms with E-state index >= 15 is 0 Å². The predicted octanol–water partition coefficient (Wildman–Crippen LogP) is 5.35. The Morgan fingerprint density at radius 3 is 2.15 bits per heavy atom. The van der Waals surface area contributed by atoms with E-state index in [1.54, 1.807) is 12.4 Å². The first-order valence-corrected chi connectivity index (χ1v) is 11.4. The van der Waals surface area contributed by atoms with Crippen LogP contribution in [0.5, 0.6) is 6.01 Å². The molecule has 8 heteroatoms. The predicted molar refractivity (Wildman–Crippen MR) is 130 cm³/mol. The molecule has 0 saturated heterocycles. The third kappa shape index (κ3) is 6.54. The molecule has 2 aromatic carbocycles. The van der Waals surface area contributed by atoms with Gasteiger partial charge in [0.05, 0.1) is 0 Å². The molecular formula is C26H28N4O4. The Morgan fingerprint density at radius 2 is 1.50 bits per heavy atom. The molecule has 0 aliphatic heterocycles. The van der Waals surface area contributed by atoms with Gasteiger partial charge in [-0.2, -0.15) is 0 Å². The Balaban J connectivity index is 1.28. The number of carbonyl (C=O) groups excluding carboxylic acids is 2. The van der Waals surface area contributed by atoms with Crippen molar-refractivity contribution in [3.8, 4) is 17.1 Å². The molecule has 4 rings (SSSR count). The summed E-state index contributed by atoms with van der Waals surface area (Å²) < 4.78 is 11.2. The van der Waals surface area contributed by atoms with Crippen LogP contribution >= 0.6 is 0 Å². The van der Waals surface area contributed by atoms with E-state index in [-0.39, 0.29) is 24.2 Å². The van der Waals surface area contributed by atoms with Crippen LogP contribution in [0, 0.1) is 6.92 Å². The van der Waals surface area contributed by atoms with Crippen LogP contribution in [0.1, 0.15) is 38.2 Å². The molecule has 1 fully saturated rings. The Bertz CT molecular complexity index is 1120. The minimum Gasteiger partial charge on any atom is -0.463 e. The standard InChI is InChI=1S/C26H28N4O4/c1-17-4-3-5-22(14-17)30-25(32)29-21-8-6-19(7-9-21)20-15-27-26(28-16-20)34-24-12-10-23(11-13-24)33-18(2)31/h3-9,14-16,23-24H,10-13H2,1-2H3,(H2,29,30,32). The van der Waals surface area contributed by atoms with Gasteiger partial charge in [0, 0.05) is 36.3 Å². The van der Waals surface area contributed by atoms with Gasteiger partial charge in [-0.1, -0.05) is 24.3 Å². The summed E-state index contributed by atoms with van der Waals surface area (Å²) >= 11 is 0. The monoisotopic (exact) mass is 460 g/mol. The van der Waals surface area contributed by atoms with Crippen LogP contribution in [0.2, 0.25) is 0 Å². The highest BCUT2D eigenvalue weighted by Gasteiger charge is 2.24. The van der Waals surface area contributed by atoms with E-state index in [0.717, 1.165) is 48.1 Å². The van der Waals surface area contributed by atoms with Gasteiger partial charge in [-0.05, 0) is 68.0 Å². The lowest BCUT2D eigenvalue weighted by atomic mass is 9.95. The van der Waals surface area contributed by atoms with Crippen molar-refractivity contribution in [2.75, 3.05) is 10.6 Å². The Kier molecular flexibility index (Phi) is 7.37. The highest BCUT2D eigenvalue weighted by atomic mass is 16.5. The summed E-state index contributed by atoms with van der Waals surface area (Å²) in [5.41, 5.74) is 4.28. The molecule has 2 N–H and O–H groups in total. The van der Waals surface area contributed by atoms with Crippen molar-refractivity contribution in [3.63, 3.8) is 0 Å². The number of anilines is 2. The normalized spacial score (nSPS) is 17.5. The SMILES string of the molecule is CC(=O)OC1CCC(Oc2ncc(-c3ccc(NC(=O)Nc4cccc(C)c4)cc3)cn2)CC1. The number of nitrogens with zero attached hydrogens (tertiary/aromatic N) is 2. The summed E-state index contributed by atoms with van der Waals surface area (Å²) in [6.45, 7) is 3.41. The second-order valence-electron chi connectivity index (χ2n) is 8.41. The molecule has 1 heterocycles. The van der Waals surface area contributed by atoms with Gasteiger partial charge < -0.3 is 20.1 Å². The number of amides is 2. The van der Waals surface area contributed by atoms with Gasteiger partial charge in [-0.25, -0.2) is 14.8 Å². The lowest BCUT2D eigenvalue weighted by Gasteiger charge is -2.27. The smallest absolute Gasteiger partial charge is 0.323 e. The summed E-state index contributed by atoms with van der Waals surface area (Å²) in [5, 5.41) is 5.65. The fourth-order valence-corrected chi connectivity index (χ4v) is 3.94. The average Bonchev–Trinajstić information content (AvgIpc) is 2.81. The van der Waals surface area contributed by atoms with E-state index in [1.165, 1.54) is 6.92 Å². The minimum atomic E-state index is -0.301. The van der Waals surface area contributed by atoms with E-state index in [1.807, 2.05) is 55.5 Å². The molecule has 0 spiro atoms. The fourth-order valence-electron chi connectivity index (χ4n) is 3.94. The average molecular weight is 461 g/mol. The molecule has 176 valence electrons. The molecule has 1 aliphatic carbocycles. The summed E-state index contributed by atoms with van der Waals surface area (Å²) in [4.78, 5) is 32.0. The molecule has 8 nitrogen and oxygen atoms in total. The number of carbonyl (C=O) groups is 2. The topological polar surface area (TPSA) is 102 Å². The number of nitrogens with one attached hydrogen (secondary N) is 2. The number of esters is 1. The Hall–Kier alpha value is -3.94. The summed E-state index contributed by atoms with van der Waals surface area (Å²) in [7, 11) is 0. The van der Waals surface area contributed by atoms with E-state index < -0.39 is 0 Å². The molecule has 1 saturated carbocycles. The first-order chi connectivity index (χ1) is 16.4. The van der Waals surface area contributed by atoms with Gasteiger partial charge in [0.2, 0.25) is 0 Å². The molecule has 1 aromatic heterocycles. The number of urea groups is 1. The van der Waals surface area contributed by atoms with E-state index in [4.69, 9.17) is 9.47 Å². The molecule has 34 heavy (non-hydrogen) atoms. The summed E-state index contributed by atoms with van der Waals surface area (Å²) in [5.74, 6) is -0.238. The van der Waals surface area contributed by atoms with Crippen LogP contribution in [-0.2, 0) is 9.53 Å². The lowest BCUT2D eigenvalue weighted by molar-refractivity contribution is -0.148.